The summed E-state index contributed by atoms with van der Waals surface area (Å²) < 4.78 is 77.9. The molecule has 480 valence electrons. The molecule has 6 fully saturated rings. The highest BCUT2D eigenvalue weighted by Gasteiger charge is 2.58. The topological polar surface area (TPSA) is 441 Å². The lowest BCUT2D eigenvalue weighted by molar-refractivity contribution is -0.414. The predicted molar refractivity (Wildman–Crippen MR) is 274 cm³/mol. The molecule has 0 aromatic carbocycles. The zero-order valence-corrected chi connectivity index (χ0v) is 47.4. The molecule has 0 aliphatic carbocycles. The number of ether oxygens (including phenoxy) is 13. The highest BCUT2D eigenvalue weighted by molar-refractivity contribution is 5.68. The molecule has 6 rings (SSSR count). The van der Waals surface area contributed by atoms with E-state index in [0.717, 1.165) is 64.2 Å². The van der Waals surface area contributed by atoms with Crippen LogP contribution >= 0.6 is 0 Å². The van der Waals surface area contributed by atoms with Crippen LogP contribution in [-0.2, 0) is 66.4 Å². The lowest BCUT2D eigenvalue weighted by Crippen LogP contribution is -2.69. The zero-order chi connectivity index (χ0) is 60.3. The Morgan fingerprint density at radius 2 is 0.744 bits per heavy atom. The Kier molecular flexibility index (Phi) is 27.6. The van der Waals surface area contributed by atoms with Crippen molar-refractivity contribution in [3.8, 4) is 0 Å². The Morgan fingerprint density at radius 1 is 0.378 bits per heavy atom. The number of aliphatic hydroxyl groups is 15. The molecule has 0 unspecified atom stereocenters. The van der Waals surface area contributed by atoms with Gasteiger partial charge in [0.25, 0.3) is 0 Å². The molecule has 82 heavy (non-hydrogen) atoms. The van der Waals surface area contributed by atoms with Gasteiger partial charge in [0.1, 0.15) is 122 Å². The Balaban J connectivity index is 1.27. The molecule has 0 radical (unpaired) electrons. The molecule has 0 spiro atoms. The highest BCUT2D eigenvalue weighted by atomic mass is 16.8. The van der Waals surface area contributed by atoms with Gasteiger partial charge in [-0.2, -0.15) is 0 Å². The minimum Gasteiger partial charge on any atom is -0.469 e. The Labute approximate surface area is 476 Å². The third kappa shape index (κ3) is 17.2. The average molecular weight is 1200 g/mol. The van der Waals surface area contributed by atoms with Crippen molar-refractivity contribution in [1.29, 1.82) is 0 Å². The summed E-state index contributed by atoms with van der Waals surface area (Å²) in [6, 6.07) is 0. The number of unbranched alkanes of at least 4 members (excludes halogenated alkanes) is 8. The van der Waals surface area contributed by atoms with Crippen molar-refractivity contribution < 1.29 is 143 Å². The number of hydrogen-bond donors (Lipinski definition) is 15. The summed E-state index contributed by atoms with van der Waals surface area (Å²) >= 11 is 0. The second kappa shape index (κ2) is 32.6. The maximum Gasteiger partial charge on any atom is 0.305 e. The van der Waals surface area contributed by atoms with Gasteiger partial charge >= 0.3 is 5.97 Å². The SMILES string of the molecule is CCCCC[C@@H](CCCCCCCCCC(=O)OC)O[C@@H]1O[C@H](C)[C@@H](O)[C@H](O)[C@H]1O[C@@H]1O[C@H](CO)[C@@H](O)[C@H](O)[C@H]1O[C@@H]1O[C@@H](C)[C@H](O[C@@H]2O[C@H](C)[C@H](O)[C@H](O)[C@H]2O)[C@@H](O[C@@H]2O[C@H](CO)[C@@H](O)[C@H](O)[C@H]2O[C@@H]2O[C@H](C)[C@@H](O)[C@H](O)[C@H]2O)[C@H]1O. The van der Waals surface area contributed by atoms with Gasteiger partial charge in [0.05, 0.1) is 50.8 Å². The number of methoxy groups -OCH3 is 1. The lowest BCUT2D eigenvalue weighted by atomic mass is 9.95. The van der Waals surface area contributed by atoms with Gasteiger partial charge in [-0.1, -0.05) is 64.7 Å². The second-order valence-electron chi connectivity index (χ2n) is 22.5. The normalized spacial score (nSPS) is 46.1. The van der Waals surface area contributed by atoms with E-state index >= 15 is 0 Å². The first kappa shape index (κ1) is 69.5. The molecule has 31 atom stereocenters. The predicted octanol–water partition coefficient (Wildman–Crippen LogP) is -4.33. The summed E-state index contributed by atoms with van der Waals surface area (Å²) in [6.45, 7) is 5.85. The van der Waals surface area contributed by atoms with Crippen molar-refractivity contribution in [2.45, 2.75) is 308 Å². The molecule has 0 saturated carbocycles. The van der Waals surface area contributed by atoms with Gasteiger partial charge in [0.15, 0.2) is 37.7 Å². The van der Waals surface area contributed by atoms with Crippen LogP contribution < -0.4 is 0 Å². The van der Waals surface area contributed by atoms with Gasteiger partial charge in [0.2, 0.25) is 0 Å². The molecular weight excluding hydrogens is 1100 g/mol. The molecule has 29 heteroatoms. The number of rotatable bonds is 28. The van der Waals surface area contributed by atoms with E-state index in [2.05, 4.69) is 6.92 Å². The summed E-state index contributed by atoms with van der Waals surface area (Å²) in [7, 11) is 1.37. The van der Waals surface area contributed by atoms with E-state index in [0.29, 0.717) is 19.3 Å². The Bertz CT molecular complexity index is 1850. The molecule has 29 nitrogen and oxygen atoms in total. The van der Waals surface area contributed by atoms with Crippen molar-refractivity contribution in [2.75, 3.05) is 20.3 Å². The number of hydrogen-bond acceptors (Lipinski definition) is 29. The van der Waals surface area contributed by atoms with Gasteiger partial charge in [0, 0.05) is 6.42 Å². The summed E-state index contributed by atoms with van der Waals surface area (Å²) in [5.41, 5.74) is 0. The summed E-state index contributed by atoms with van der Waals surface area (Å²) in [5, 5.41) is 166. The monoisotopic (exact) mass is 1190 g/mol. The highest BCUT2D eigenvalue weighted by Crippen LogP contribution is 2.39. The first-order valence-corrected chi connectivity index (χ1v) is 29.0. The molecule has 6 aliphatic rings. The van der Waals surface area contributed by atoms with E-state index in [-0.39, 0.29) is 5.97 Å². The lowest BCUT2D eigenvalue weighted by Gasteiger charge is -2.51. The van der Waals surface area contributed by atoms with Crippen molar-refractivity contribution in [2.24, 2.45) is 0 Å². The number of esters is 1. The number of aliphatic hydroxyl groups excluding tert-OH is 15. The fourth-order valence-electron chi connectivity index (χ4n) is 11.1. The maximum absolute atomic E-state index is 12.5. The van der Waals surface area contributed by atoms with E-state index in [9.17, 15) is 81.4 Å². The van der Waals surface area contributed by atoms with E-state index in [1.807, 2.05) is 0 Å². The van der Waals surface area contributed by atoms with Crippen LogP contribution in [0.3, 0.4) is 0 Å². The van der Waals surface area contributed by atoms with Crippen LogP contribution in [-0.4, -0.2) is 293 Å². The smallest absolute Gasteiger partial charge is 0.305 e. The van der Waals surface area contributed by atoms with Crippen molar-refractivity contribution >= 4 is 5.97 Å². The third-order valence-corrected chi connectivity index (χ3v) is 16.3. The fourth-order valence-corrected chi connectivity index (χ4v) is 11.1. The summed E-state index contributed by atoms with van der Waals surface area (Å²) in [4.78, 5) is 11.5. The van der Waals surface area contributed by atoms with Gasteiger partial charge in [-0.25, -0.2) is 0 Å². The first-order valence-electron chi connectivity index (χ1n) is 29.0. The standard InChI is InChI=1S/C53H94O29/c1-7-8-14-17-26(18-15-12-10-9-11-13-16-19-29(56)70-6)75-51-45(37(64)32(59)24(4)73-51)82-53-47(39(66)34(61)28(21-55)77-53)81-50-42(69)44(43(25(5)74-50)78-48-40(67)35(62)30(57)22(2)71-48)79-52-46(38(65)33(60)27(20-54)76-52)80-49-41(68)36(63)31(58)23(3)72-49/h22-28,30-55,57-69H,7-21H2,1-6H3/t22-,23-,24-,25+,26+,27-,28-,30+,31-,32-,33-,34-,35+,36+,37+,38+,39+,40-,41-,42-,43+,44+,45-,46-,47-,48+,49+,50+,51+,52+,53+/m1/s1. The van der Waals surface area contributed by atoms with E-state index in [1.54, 1.807) is 0 Å². The van der Waals surface area contributed by atoms with Crippen LogP contribution in [0.2, 0.25) is 0 Å². The van der Waals surface area contributed by atoms with Crippen LogP contribution in [0.25, 0.3) is 0 Å². The van der Waals surface area contributed by atoms with Crippen LogP contribution in [0.15, 0.2) is 0 Å². The Hall–Kier alpha value is -1.61. The van der Waals surface area contributed by atoms with E-state index in [1.165, 1.54) is 34.8 Å². The largest absolute Gasteiger partial charge is 0.469 e. The minimum absolute atomic E-state index is 0.235. The van der Waals surface area contributed by atoms with Crippen LogP contribution in [0.1, 0.15) is 118 Å². The molecule has 15 N–H and O–H groups in total. The zero-order valence-electron chi connectivity index (χ0n) is 47.4. The number of carbonyl (C=O) groups excluding carboxylic acids is 1. The Morgan fingerprint density at radius 3 is 1.22 bits per heavy atom. The molecule has 6 saturated heterocycles. The van der Waals surface area contributed by atoms with Crippen LogP contribution in [0.4, 0.5) is 0 Å². The molecule has 0 aromatic rings. The van der Waals surface area contributed by atoms with Gasteiger partial charge in [-0.3, -0.25) is 4.79 Å². The van der Waals surface area contributed by atoms with Crippen LogP contribution in [0, 0.1) is 0 Å². The molecule has 6 aliphatic heterocycles. The molecule has 6 heterocycles. The van der Waals surface area contributed by atoms with Gasteiger partial charge in [-0.15, -0.1) is 0 Å². The maximum atomic E-state index is 12.5. The van der Waals surface area contributed by atoms with Crippen molar-refractivity contribution in [3.05, 3.63) is 0 Å². The number of carbonyl (C=O) groups is 1. The van der Waals surface area contributed by atoms with Gasteiger partial charge < -0.3 is 138 Å². The van der Waals surface area contributed by atoms with Crippen molar-refractivity contribution in [1.82, 2.24) is 0 Å². The molecular formula is C53H94O29. The molecule has 0 amide bonds. The van der Waals surface area contributed by atoms with E-state index in [4.69, 9.17) is 61.6 Å². The van der Waals surface area contributed by atoms with Crippen LogP contribution in [0.5, 0.6) is 0 Å². The summed E-state index contributed by atoms with van der Waals surface area (Å²) in [5.74, 6) is -0.235. The quantitative estimate of drug-likeness (QED) is 0.0260. The minimum atomic E-state index is -2.19. The van der Waals surface area contributed by atoms with Gasteiger partial charge in [-0.05, 0) is 47.0 Å². The second-order valence-corrected chi connectivity index (χ2v) is 22.5. The first-order chi connectivity index (χ1) is 39.0. The summed E-state index contributed by atoms with van der Waals surface area (Å²) in [6.07, 6.45) is -42.0. The van der Waals surface area contributed by atoms with E-state index < -0.39 is 204 Å². The molecule has 0 aromatic heterocycles. The average Bonchev–Trinajstić information content (AvgIpc) is 2.79. The fraction of sp³-hybridized carbons (Fsp3) is 0.981. The van der Waals surface area contributed by atoms with Crippen molar-refractivity contribution in [3.63, 3.8) is 0 Å². The third-order valence-electron chi connectivity index (χ3n) is 16.3. The molecule has 0 bridgehead atoms.